The van der Waals surface area contributed by atoms with Crippen LogP contribution in [0.5, 0.6) is 0 Å². The first-order chi connectivity index (χ1) is 21.6. The molecule has 3 rings (SSSR count). The number of aromatic nitrogens is 2. The summed E-state index contributed by atoms with van der Waals surface area (Å²) in [6, 6.07) is -0.370. The van der Waals surface area contributed by atoms with Crippen molar-refractivity contribution in [2.24, 2.45) is 0 Å². The van der Waals surface area contributed by atoms with Gasteiger partial charge in [0.15, 0.2) is 17.3 Å². The molecule has 1 aromatic carbocycles. The van der Waals surface area contributed by atoms with Crippen LogP contribution in [0.4, 0.5) is 35.9 Å². The van der Waals surface area contributed by atoms with Gasteiger partial charge in [-0.3, -0.25) is 4.79 Å². The van der Waals surface area contributed by atoms with Gasteiger partial charge in [0, 0.05) is 38.5 Å². The smallest absolute Gasteiger partial charge is 0.444 e. The largest absolute Gasteiger partial charge is 0.511 e. The highest BCUT2D eigenvalue weighted by atomic mass is 19.4. The summed E-state index contributed by atoms with van der Waals surface area (Å²) in [5.41, 5.74) is -2.49. The van der Waals surface area contributed by atoms with Crippen molar-refractivity contribution >= 4 is 24.1 Å². The summed E-state index contributed by atoms with van der Waals surface area (Å²) in [5, 5.41) is 2.39. The Labute approximate surface area is 265 Å². The minimum absolute atomic E-state index is 0.293. The molecule has 1 aliphatic heterocycles. The first-order valence-electron chi connectivity index (χ1n) is 14.3. The van der Waals surface area contributed by atoms with E-state index in [0.29, 0.717) is 16.7 Å². The third-order valence-corrected chi connectivity index (χ3v) is 6.37. The van der Waals surface area contributed by atoms with Crippen molar-refractivity contribution in [1.82, 2.24) is 19.8 Å². The minimum atomic E-state index is -5.00. The van der Waals surface area contributed by atoms with Gasteiger partial charge in [-0.05, 0) is 52.7 Å². The molecule has 2 amide bonds. The van der Waals surface area contributed by atoms with Gasteiger partial charge in [0.05, 0.1) is 18.3 Å². The molecule has 0 radical (unpaired) electrons. The number of amides is 2. The summed E-state index contributed by atoms with van der Waals surface area (Å²) in [5.74, 6) is -7.55. The molecule has 0 bridgehead atoms. The van der Waals surface area contributed by atoms with Crippen LogP contribution in [0.25, 0.3) is 0 Å². The van der Waals surface area contributed by atoms with Gasteiger partial charge in [0.2, 0.25) is 18.0 Å². The lowest BCUT2D eigenvalue weighted by Gasteiger charge is -2.31. The molecule has 0 spiro atoms. The van der Waals surface area contributed by atoms with E-state index < -0.39 is 109 Å². The molecule has 1 aliphatic rings. The molecular formula is C29H34F6N4O8. The number of esters is 1. The van der Waals surface area contributed by atoms with E-state index in [2.05, 4.69) is 10.3 Å². The third-order valence-electron chi connectivity index (χ3n) is 6.37. The van der Waals surface area contributed by atoms with E-state index in [0.717, 1.165) is 11.8 Å². The van der Waals surface area contributed by atoms with E-state index >= 15 is 0 Å². The van der Waals surface area contributed by atoms with Crippen LogP contribution in [0.15, 0.2) is 12.1 Å². The lowest BCUT2D eigenvalue weighted by atomic mass is 10.0. The molecule has 18 heteroatoms. The number of imidazole rings is 1. The number of fused-ring (bicyclic) bond motifs is 1. The van der Waals surface area contributed by atoms with Crippen molar-refractivity contribution in [3.63, 3.8) is 0 Å². The number of alkyl carbamates (subject to hydrolysis) is 1. The summed E-state index contributed by atoms with van der Waals surface area (Å²) < 4.78 is 104. The summed E-state index contributed by atoms with van der Waals surface area (Å²) in [6.07, 6.45) is -10.4. The normalized spacial score (nSPS) is 14.6. The van der Waals surface area contributed by atoms with Crippen LogP contribution in [0.2, 0.25) is 0 Å². The molecule has 2 heterocycles. The molecule has 2 unspecified atom stereocenters. The second kappa shape index (κ2) is 14.5. The van der Waals surface area contributed by atoms with Crippen LogP contribution in [-0.2, 0) is 49.4 Å². The van der Waals surface area contributed by atoms with Crippen LogP contribution < -0.4 is 5.32 Å². The van der Waals surface area contributed by atoms with Gasteiger partial charge >= 0.3 is 24.4 Å². The van der Waals surface area contributed by atoms with Crippen LogP contribution in [0.3, 0.4) is 0 Å². The number of carbonyl (C=O) groups excluding carboxylic acids is 4. The van der Waals surface area contributed by atoms with Crippen molar-refractivity contribution < 1.29 is 64.5 Å². The highest BCUT2D eigenvalue weighted by Gasteiger charge is 2.42. The Morgan fingerprint density at radius 3 is 2.17 bits per heavy atom. The number of nitrogens with zero attached hydrogens (tertiary/aromatic N) is 3. The van der Waals surface area contributed by atoms with Gasteiger partial charge in [0.1, 0.15) is 11.4 Å². The van der Waals surface area contributed by atoms with Crippen LogP contribution in [0, 0.1) is 17.5 Å². The van der Waals surface area contributed by atoms with Gasteiger partial charge in [0.25, 0.3) is 0 Å². The fourth-order valence-electron chi connectivity index (χ4n) is 4.52. The van der Waals surface area contributed by atoms with Crippen molar-refractivity contribution in [3.05, 3.63) is 52.4 Å². The van der Waals surface area contributed by atoms with Gasteiger partial charge in [-0.1, -0.05) is 0 Å². The summed E-state index contributed by atoms with van der Waals surface area (Å²) in [4.78, 5) is 55.0. The molecule has 0 saturated carbocycles. The number of benzene rings is 1. The van der Waals surface area contributed by atoms with Crippen LogP contribution >= 0.6 is 0 Å². The number of nitrogens with one attached hydrogen (secondary N) is 1. The number of hydrogen-bond acceptors (Lipinski definition) is 9. The topological polar surface area (TPSA) is 138 Å². The average Bonchev–Trinajstić information content (AvgIpc) is 3.29. The highest BCUT2D eigenvalue weighted by Crippen LogP contribution is 2.33. The zero-order valence-electron chi connectivity index (χ0n) is 26.3. The fraction of sp³-hybridized carbons (Fsp3) is 0.552. The Morgan fingerprint density at radius 2 is 1.57 bits per heavy atom. The summed E-state index contributed by atoms with van der Waals surface area (Å²) in [7, 11) is 0. The molecule has 1 aromatic heterocycles. The third kappa shape index (κ3) is 10.2. The maximum atomic E-state index is 14.5. The molecule has 1 N–H and O–H groups in total. The first-order valence-corrected chi connectivity index (χ1v) is 14.3. The predicted molar refractivity (Wildman–Crippen MR) is 148 cm³/mol. The fourth-order valence-corrected chi connectivity index (χ4v) is 4.52. The van der Waals surface area contributed by atoms with E-state index in [4.69, 9.17) is 18.9 Å². The van der Waals surface area contributed by atoms with Gasteiger partial charge < -0.3 is 33.7 Å². The lowest BCUT2D eigenvalue weighted by molar-refractivity contribution is -0.148. The molecule has 0 saturated heterocycles. The minimum Gasteiger partial charge on any atom is -0.444 e. The van der Waals surface area contributed by atoms with Gasteiger partial charge in [-0.2, -0.15) is 13.2 Å². The number of alkyl halides is 3. The number of ether oxygens (including phenoxy) is 4. The maximum absolute atomic E-state index is 14.5. The van der Waals surface area contributed by atoms with E-state index in [-0.39, 0.29) is 17.8 Å². The lowest BCUT2D eigenvalue weighted by Crippen LogP contribution is -2.45. The van der Waals surface area contributed by atoms with E-state index in [9.17, 15) is 45.5 Å². The van der Waals surface area contributed by atoms with Crippen molar-refractivity contribution in [2.75, 3.05) is 6.54 Å². The molecule has 2 atom stereocenters. The highest BCUT2D eigenvalue weighted by molar-refractivity contribution is 5.89. The zero-order valence-corrected chi connectivity index (χ0v) is 26.3. The standard InChI is InChI=1S/C29H34F6N4O8/c1-14(2)44-27(43)46-15(3)45-24(41)23-21-13-38(7-8-39(21)25(37-23)29(33,34)35)22(40)11-17(36-26(42)47-28(4,5)6)9-16-10-19(31)20(32)12-18(16)30/h10,12,14-15,17H,7-9,11,13H2,1-6H3,(H,36,42). The number of hydrogen-bond donors (Lipinski definition) is 1. The van der Waals surface area contributed by atoms with Gasteiger partial charge in [-0.25, -0.2) is 32.5 Å². The molecule has 12 nitrogen and oxygen atoms in total. The Hall–Kier alpha value is -4.51. The van der Waals surface area contributed by atoms with Crippen LogP contribution in [0.1, 0.15) is 75.5 Å². The molecule has 47 heavy (non-hydrogen) atoms. The second-order valence-corrected chi connectivity index (χ2v) is 11.8. The maximum Gasteiger partial charge on any atom is 0.511 e. The number of rotatable bonds is 9. The molecular weight excluding hydrogens is 646 g/mol. The Balaban J connectivity index is 1.85. The number of carbonyl (C=O) groups is 4. The van der Waals surface area contributed by atoms with E-state index in [1.807, 2.05) is 0 Å². The molecule has 260 valence electrons. The molecule has 0 fully saturated rings. The molecule has 0 aliphatic carbocycles. The van der Waals surface area contributed by atoms with E-state index in [1.54, 1.807) is 20.8 Å². The Bertz CT molecular complexity index is 1500. The summed E-state index contributed by atoms with van der Waals surface area (Å²) >= 11 is 0. The van der Waals surface area contributed by atoms with Crippen molar-refractivity contribution in [2.45, 2.75) is 97.7 Å². The zero-order chi connectivity index (χ0) is 35.4. The number of halogens is 6. The van der Waals surface area contributed by atoms with Crippen molar-refractivity contribution in [3.8, 4) is 0 Å². The van der Waals surface area contributed by atoms with E-state index in [1.165, 1.54) is 13.8 Å². The quantitative estimate of drug-likeness (QED) is 0.124. The monoisotopic (exact) mass is 680 g/mol. The predicted octanol–water partition coefficient (Wildman–Crippen LogP) is 5.25. The second-order valence-electron chi connectivity index (χ2n) is 11.8. The first kappa shape index (κ1) is 37.0. The molecule has 2 aromatic rings. The van der Waals surface area contributed by atoms with Crippen molar-refractivity contribution in [1.29, 1.82) is 0 Å². The Morgan fingerprint density at radius 1 is 0.936 bits per heavy atom. The van der Waals surface area contributed by atoms with Gasteiger partial charge in [-0.15, -0.1) is 0 Å². The SMILES string of the molecule is CC(C)OC(=O)OC(C)OC(=O)c1nc(C(F)(F)F)n2c1CN(C(=O)CC(Cc1cc(F)c(F)cc1F)NC(=O)OC(C)(C)C)CC2. The Kier molecular flexibility index (Phi) is 11.4. The van der Waals surface area contributed by atoms with Crippen LogP contribution in [-0.4, -0.2) is 69.2 Å². The summed E-state index contributed by atoms with van der Waals surface area (Å²) in [6.45, 7) is 7.52. The average molecular weight is 681 g/mol.